The Morgan fingerprint density at radius 2 is 2.14 bits per heavy atom. The molecule has 1 atom stereocenters. The minimum absolute atomic E-state index is 0.153. The average molecular weight is 396 g/mol. The summed E-state index contributed by atoms with van der Waals surface area (Å²) in [5.74, 6) is -0.606. The third kappa shape index (κ3) is 3.29. The van der Waals surface area contributed by atoms with Crippen molar-refractivity contribution in [3.05, 3.63) is 52.1 Å². The smallest absolute Gasteiger partial charge is 0.263 e. The van der Waals surface area contributed by atoms with Gasteiger partial charge in [0, 0.05) is 10.9 Å². The zero-order valence-electron chi connectivity index (χ0n) is 15.1. The number of amides is 1. The number of nitrogens with one attached hydrogen (secondary N) is 1. The van der Waals surface area contributed by atoms with E-state index in [9.17, 15) is 19.2 Å². The van der Waals surface area contributed by atoms with Crippen LogP contribution in [0.3, 0.4) is 0 Å². The lowest BCUT2D eigenvalue weighted by Gasteiger charge is -2.23. The predicted octanol–water partition coefficient (Wildman–Crippen LogP) is 3.07. The standard InChI is InChI=1S/C20H17FN4O2S/c1-20(10-22,13-4-5-13)24-16(26)8-25-11-23-18-17(19(25)27)15(9-28-18)12-2-6-14(21)7-3-12/h2-3,6-7,9,11,13H,4-5,8H2,1H3,(H,24,26)/t20-/m1/s1. The highest BCUT2D eigenvalue weighted by molar-refractivity contribution is 7.17. The van der Waals surface area contributed by atoms with Crippen molar-refractivity contribution in [1.29, 1.82) is 5.26 Å². The second kappa shape index (κ2) is 6.84. The van der Waals surface area contributed by atoms with Gasteiger partial charge in [-0.05, 0) is 43.4 Å². The molecular weight excluding hydrogens is 379 g/mol. The van der Waals surface area contributed by atoms with Crippen molar-refractivity contribution in [3.63, 3.8) is 0 Å². The van der Waals surface area contributed by atoms with Crippen LogP contribution in [0.5, 0.6) is 0 Å². The van der Waals surface area contributed by atoms with E-state index in [4.69, 9.17) is 0 Å². The first-order valence-electron chi connectivity index (χ1n) is 8.86. The molecule has 2 heterocycles. The van der Waals surface area contributed by atoms with Crippen LogP contribution in [0.4, 0.5) is 4.39 Å². The maximum Gasteiger partial charge on any atom is 0.263 e. The van der Waals surface area contributed by atoms with Gasteiger partial charge in [0.2, 0.25) is 5.91 Å². The Kier molecular flexibility index (Phi) is 4.47. The third-order valence-corrected chi connectivity index (χ3v) is 5.94. The summed E-state index contributed by atoms with van der Waals surface area (Å²) >= 11 is 1.32. The van der Waals surface area contributed by atoms with Crippen LogP contribution in [-0.4, -0.2) is 21.0 Å². The number of hydrogen-bond donors (Lipinski definition) is 1. The zero-order valence-corrected chi connectivity index (χ0v) is 15.9. The van der Waals surface area contributed by atoms with Crippen molar-refractivity contribution in [2.75, 3.05) is 0 Å². The van der Waals surface area contributed by atoms with E-state index in [0.29, 0.717) is 21.3 Å². The van der Waals surface area contributed by atoms with Gasteiger partial charge in [-0.2, -0.15) is 5.26 Å². The van der Waals surface area contributed by atoms with Crippen LogP contribution in [-0.2, 0) is 11.3 Å². The molecule has 0 radical (unpaired) electrons. The molecule has 1 amide bonds. The molecule has 1 saturated carbocycles. The van der Waals surface area contributed by atoms with Crippen molar-refractivity contribution in [1.82, 2.24) is 14.9 Å². The van der Waals surface area contributed by atoms with E-state index in [1.807, 2.05) is 0 Å². The zero-order chi connectivity index (χ0) is 19.9. The molecule has 0 spiro atoms. The molecule has 28 heavy (non-hydrogen) atoms. The maximum absolute atomic E-state index is 13.2. The summed E-state index contributed by atoms with van der Waals surface area (Å²) in [5, 5.41) is 14.3. The average Bonchev–Trinajstić information content (AvgIpc) is 3.45. The van der Waals surface area contributed by atoms with E-state index in [2.05, 4.69) is 16.4 Å². The largest absolute Gasteiger partial charge is 0.336 e. The van der Waals surface area contributed by atoms with Gasteiger partial charge in [-0.1, -0.05) is 12.1 Å². The molecular formula is C20H17FN4O2S. The van der Waals surface area contributed by atoms with Crippen molar-refractivity contribution in [2.45, 2.75) is 31.8 Å². The minimum atomic E-state index is -0.917. The number of hydrogen-bond acceptors (Lipinski definition) is 5. The minimum Gasteiger partial charge on any atom is -0.336 e. The molecule has 1 N–H and O–H groups in total. The highest BCUT2D eigenvalue weighted by atomic mass is 32.1. The van der Waals surface area contributed by atoms with E-state index in [-0.39, 0.29) is 23.8 Å². The Labute approximate surface area is 164 Å². The Morgan fingerprint density at radius 3 is 2.79 bits per heavy atom. The molecule has 8 heteroatoms. The van der Waals surface area contributed by atoms with E-state index >= 15 is 0 Å². The van der Waals surface area contributed by atoms with Gasteiger partial charge in [0.1, 0.15) is 22.7 Å². The number of thiophene rings is 1. The quantitative estimate of drug-likeness (QED) is 0.718. The number of carbonyl (C=O) groups is 1. The summed E-state index contributed by atoms with van der Waals surface area (Å²) < 4.78 is 14.5. The normalized spacial score (nSPS) is 15.8. The van der Waals surface area contributed by atoms with Gasteiger partial charge < -0.3 is 5.32 Å². The van der Waals surface area contributed by atoms with Crippen LogP contribution < -0.4 is 10.9 Å². The van der Waals surface area contributed by atoms with Crippen LogP contribution in [0.25, 0.3) is 21.3 Å². The van der Waals surface area contributed by atoms with E-state index < -0.39 is 11.4 Å². The SMILES string of the molecule is C[C@](C#N)(NC(=O)Cn1cnc2scc(-c3ccc(F)cc3)c2c1=O)C1CC1. The molecule has 0 aliphatic heterocycles. The fraction of sp³-hybridized carbons (Fsp3) is 0.300. The lowest BCUT2D eigenvalue weighted by atomic mass is 9.98. The van der Waals surface area contributed by atoms with Crippen LogP contribution in [0.1, 0.15) is 19.8 Å². The maximum atomic E-state index is 13.2. The highest BCUT2D eigenvalue weighted by Gasteiger charge is 2.43. The number of nitriles is 1. The Bertz CT molecular complexity index is 1160. The second-order valence-electron chi connectivity index (χ2n) is 7.15. The molecule has 1 aliphatic carbocycles. The number of carbonyl (C=O) groups excluding carboxylic acids is 1. The van der Waals surface area contributed by atoms with Gasteiger partial charge in [-0.3, -0.25) is 14.2 Å². The number of halogens is 1. The van der Waals surface area contributed by atoms with Crippen molar-refractivity contribution in [3.8, 4) is 17.2 Å². The lowest BCUT2D eigenvalue weighted by molar-refractivity contribution is -0.123. The summed E-state index contributed by atoms with van der Waals surface area (Å²) in [5.41, 5.74) is 0.109. The molecule has 142 valence electrons. The fourth-order valence-corrected chi connectivity index (χ4v) is 4.19. The molecule has 2 aromatic heterocycles. The molecule has 0 unspecified atom stereocenters. The van der Waals surface area contributed by atoms with Crippen LogP contribution in [0, 0.1) is 23.1 Å². The predicted molar refractivity (Wildman–Crippen MR) is 104 cm³/mol. The summed E-state index contributed by atoms with van der Waals surface area (Å²) in [7, 11) is 0. The van der Waals surface area contributed by atoms with Gasteiger partial charge in [0.05, 0.1) is 17.8 Å². The number of benzene rings is 1. The molecule has 0 saturated heterocycles. The Balaban J connectivity index is 1.65. The third-order valence-electron chi connectivity index (χ3n) is 5.06. The second-order valence-corrected chi connectivity index (χ2v) is 8.01. The molecule has 1 fully saturated rings. The molecule has 3 aromatic rings. The topological polar surface area (TPSA) is 87.8 Å². The Hall–Kier alpha value is -3.05. The Morgan fingerprint density at radius 1 is 1.43 bits per heavy atom. The summed E-state index contributed by atoms with van der Waals surface area (Å²) in [6, 6.07) is 8.05. The first-order valence-corrected chi connectivity index (χ1v) is 9.74. The number of fused-ring (bicyclic) bond motifs is 1. The summed E-state index contributed by atoms with van der Waals surface area (Å²) in [6.07, 6.45) is 3.16. The highest BCUT2D eigenvalue weighted by Crippen LogP contribution is 2.39. The van der Waals surface area contributed by atoms with Gasteiger partial charge >= 0.3 is 0 Å². The van der Waals surface area contributed by atoms with E-state index in [1.165, 1.54) is 34.4 Å². The van der Waals surface area contributed by atoms with Gasteiger partial charge in [0.25, 0.3) is 5.56 Å². The molecule has 1 aromatic carbocycles. The van der Waals surface area contributed by atoms with Crippen molar-refractivity contribution < 1.29 is 9.18 Å². The van der Waals surface area contributed by atoms with Crippen molar-refractivity contribution in [2.24, 2.45) is 5.92 Å². The van der Waals surface area contributed by atoms with Crippen molar-refractivity contribution >= 4 is 27.5 Å². The van der Waals surface area contributed by atoms with E-state index in [0.717, 1.165) is 12.8 Å². The first kappa shape index (κ1) is 18.3. The fourth-order valence-electron chi connectivity index (χ4n) is 3.29. The van der Waals surface area contributed by atoms with Gasteiger partial charge in [-0.15, -0.1) is 11.3 Å². The molecule has 6 nitrogen and oxygen atoms in total. The molecule has 1 aliphatic rings. The molecule has 0 bridgehead atoms. The lowest BCUT2D eigenvalue weighted by Crippen LogP contribution is -2.48. The molecule has 4 rings (SSSR count). The summed E-state index contributed by atoms with van der Waals surface area (Å²) in [4.78, 5) is 30.3. The monoisotopic (exact) mass is 396 g/mol. The number of aromatic nitrogens is 2. The number of nitrogens with zero attached hydrogens (tertiary/aromatic N) is 3. The first-order chi connectivity index (χ1) is 13.4. The van der Waals surface area contributed by atoms with Crippen LogP contribution in [0.2, 0.25) is 0 Å². The van der Waals surface area contributed by atoms with Crippen LogP contribution in [0.15, 0.2) is 40.8 Å². The van der Waals surface area contributed by atoms with Gasteiger partial charge in [0.15, 0.2) is 0 Å². The van der Waals surface area contributed by atoms with Crippen LogP contribution >= 0.6 is 11.3 Å². The number of rotatable bonds is 5. The summed E-state index contributed by atoms with van der Waals surface area (Å²) in [6.45, 7) is 1.49. The van der Waals surface area contributed by atoms with E-state index in [1.54, 1.807) is 24.4 Å². The van der Waals surface area contributed by atoms with Gasteiger partial charge in [-0.25, -0.2) is 9.37 Å².